The first-order valence-corrected chi connectivity index (χ1v) is 7.54. The third kappa shape index (κ3) is 5.64. The molecule has 0 spiro atoms. The minimum Gasteiger partial charge on any atom is -0.370 e. The Bertz CT molecular complexity index is 652. The molecule has 0 amide bonds. The van der Waals surface area contributed by atoms with E-state index in [-0.39, 0.29) is 0 Å². The van der Waals surface area contributed by atoms with Gasteiger partial charge in [0.05, 0.1) is 0 Å². The number of aromatic nitrogens is 2. The molecule has 0 aromatic carbocycles. The summed E-state index contributed by atoms with van der Waals surface area (Å²) < 4.78 is 0. The monoisotopic (exact) mass is 306 g/mol. The van der Waals surface area contributed by atoms with E-state index in [1.54, 1.807) is 12.1 Å². The molecule has 2 aromatic rings. The molecule has 6 nitrogen and oxygen atoms in total. The second kappa shape index (κ2) is 9.01. The molecule has 2 aromatic heterocycles. The van der Waals surface area contributed by atoms with Crippen LogP contribution in [0.3, 0.4) is 0 Å². The summed E-state index contributed by atoms with van der Waals surface area (Å²) in [6.45, 7) is 1.65. The highest BCUT2D eigenvalue weighted by Crippen LogP contribution is 2.06. The van der Waals surface area contributed by atoms with Crippen LogP contribution in [-0.4, -0.2) is 23.1 Å². The minimum atomic E-state index is 0.422. The summed E-state index contributed by atoms with van der Waals surface area (Å²) in [4.78, 5) is 8.32. The lowest BCUT2D eigenvalue weighted by Crippen LogP contribution is -2.06. The van der Waals surface area contributed by atoms with Gasteiger partial charge in [0, 0.05) is 13.1 Å². The standard InChI is InChI=1S/C17H18N6/c18-12-14-6-4-8-16(22-14)20-10-2-1-3-11-21-17-9-5-7-15(13-19)23-17/h4-9H,1-3,10-11H2,(H,20,22)(H,21,23). The molecule has 0 radical (unpaired) electrons. The normalized spacial score (nSPS) is 9.65. The molecule has 116 valence electrons. The van der Waals surface area contributed by atoms with Gasteiger partial charge in [0.25, 0.3) is 0 Å². The van der Waals surface area contributed by atoms with Crippen LogP contribution in [0.4, 0.5) is 11.6 Å². The average molecular weight is 306 g/mol. The summed E-state index contributed by atoms with van der Waals surface area (Å²) >= 11 is 0. The van der Waals surface area contributed by atoms with E-state index in [4.69, 9.17) is 10.5 Å². The van der Waals surface area contributed by atoms with Crippen molar-refractivity contribution in [2.45, 2.75) is 19.3 Å². The Hall–Kier alpha value is -3.12. The summed E-state index contributed by atoms with van der Waals surface area (Å²) in [5.74, 6) is 1.47. The van der Waals surface area contributed by atoms with Crippen LogP contribution < -0.4 is 10.6 Å². The molecule has 23 heavy (non-hydrogen) atoms. The number of pyridine rings is 2. The number of rotatable bonds is 8. The highest BCUT2D eigenvalue weighted by molar-refractivity contribution is 5.39. The highest BCUT2D eigenvalue weighted by Gasteiger charge is 1.97. The zero-order valence-corrected chi connectivity index (χ0v) is 12.8. The fourth-order valence-electron chi connectivity index (χ4n) is 2.05. The highest BCUT2D eigenvalue weighted by atomic mass is 15.0. The first-order valence-electron chi connectivity index (χ1n) is 7.54. The van der Waals surface area contributed by atoms with Gasteiger partial charge < -0.3 is 10.6 Å². The van der Waals surface area contributed by atoms with Crippen LogP contribution in [0.1, 0.15) is 30.7 Å². The van der Waals surface area contributed by atoms with Crippen LogP contribution in [0.5, 0.6) is 0 Å². The second-order valence-corrected chi connectivity index (χ2v) is 4.95. The molecular formula is C17H18N6. The van der Waals surface area contributed by atoms with Crippen LogP contribution in [-0.2, 0) is 0 Å². The SMILES string of the molecule is N#Cc1cccc(NCCCCCNc2cccc(C#N)n2)n1. The number of anilines is 2. The van der Waals surface area contributed by atoms with Gasteiger partial charge in [-0.1, -0.05) is 12.1 Å². The van der Waals surface area contributed by atoms with Gasteiger partial charge in [0.1, 0.15) is 35.2 Å². The maximum absolute atomic E-state index is 8.79. The number of nitrogens with one attached hydrogen (secondary N) is 2. The maximum Gasteiger partial charge on any atom is 0.142 e. The molecule has 0 aliphatic heterocycles. The Labute approximate surface area is 135 Å². The molecule has 0 aliphatic rings. The molecule has 0 aliphatic carbocycles. The summed E-state index contributed by atoms with van der Waals surface area (Å²) in [5.41, 5.74) is 0.845. The number of nitrogens with zero attached hydrogens (tertiary/aromatic N) is 4. The van der Waals surface area contributed by atoms with Gasteiger partial charge in [-0.25, -0.2) is 9.97 Å². The largest absolute Gasteiger partial charge is 0.370 e. The van der Waals surface area contributed by atoms with Gasteiger partial charge in [0.2, 0.25) is 0 Å². The number of unbranched alkanes of at least 4 members (excludes halogenated alkanes) is 2. The summed E-state index contributed by atoms with van der Waals surface area (Å²) in [7, 11) is 0. The first-order chi connectivity index (χ1) is 11.3. The van der Waals surface area contributed by atoms with E-state index in [2.05, 4.69) is 20.6 Å². The van der Waals surface area contributed by atoms with Gasteiger partial charge in [-0.3, -0.25) is 0 Å². The van der Waals surface area contributed by atoms with Crippen LogP contribution in [0, 0.1) is 22.7 Å². The van der Waals surface area contributed by atoms with Crippen LogP contribution in [0.25, 0.3) is 0 Å². The van der Waals surface area contributed by atoms with Crippen molar-refractivity contribution in [2.75, 3.05) is 23.7 Å². The van der Waals surface area contributed by atoms with Crippen molar-refractivity contribution in [3.8, 4) is 12.1 Å². The summed E-state index contributed by atoms with van der Waals surface area (Å²) in [5, 5.41) is 24.0. The van der Waals surface area contributed by atoms with Gasteiger partial charge in [-0.15, -0.1) is 0 Å². The summed E-state index contributed by atoms with van der Waals surface area (Å²) in [6, 6.07) is 14.8. The van der Waals surface area contributed by atoms with Crippen molar-refractivity contribution in [1.82, 2.24) is 9.97 Å². The van der Waals surface area contributed by atoms with E-state index in [0.29, 0.717) is 11.4 Å². The van der Waals surface area contributed by atoms with Crippen LogP contribution in [0.15, 0.2) is 36.4 Å². The van der Waals surface area contributed by atoms with E-state index in [0.717, 1.165) is 44.0 Å². The molecule has 6 heteroatoms. The third-order valence-electron chi connectivity index (χ3n) is 3.19. The van der Waals surface area contributed by atoms with Crippen molar-refractivity contribution < 1.29 is 0 Å². The average Bonchev–Trinajstić information content (AvgIpc) is 2.61. The molecule has 0 fully saturated rings. The van der Waals surface area contributed by atoms with Crippen molar-refractivity contribution in [3.63, 3.8) is 0 Å². The maximum atomic E-state index is 8.79. The molecule has 0 atom stereocenters. The third-order valence-corrected chi connectivity index (χ3v) is 3.19. The summed E-state index contributed by atoms with van der Waals surface area (Å²) in [6.07, 6.45) is 3.10. The lowest BCUT2D eigenvalue weighted by atomic mass is 10.2. The Balaban J connectivity index is 1.59. The second-order valence-electron chi connectivity index (χ2n) is 4.95. The van der Waals surface area contributed by atoms with E-state index in [9.17, 15) is 0 Å². The van der Waals surface area contributed by atoms with E-state index >= 15 is 0 Å². The molecule has 0 unspecified atom stereocenters. The van der Waals surface area contributed by atoms with E-state index < -0.39 is 0 Å². The zero-order valence-electron chi connectivity index (χ0n) is 12.8. The number of hydrogen-bond acceptors (Lipinski definition) is 6. The molecule has 2 heterocycles. The minimum absolute atomic E-state index is 0.422. The molecule has 2 N–H and O–H groups in total. The van der Waals surface area contributed by atoms with Gasteiger partial charge in [0.15, 0.2) is 0 Å². The molecule has 0 saturated heterocycles. The molecule has 0 bridgehead atoms. The zero-order chi connectivity index (χ0) is 16.3. The Morgan fingerprint density at radius 1 is 0.739 bits per heavy atom. The number of nitriles is 2. The van der Waals surface area contributed by atoms with Crippen LogP contribution >= 0.6 is 0 Å². The van der Waals surface area contributed by atoms with Gasteiger partial charge in [-0.05, 0) is 43.5 Å². The van der Waals surface area contributed by atoms with E-state index in [1.807, 2.05) is 36.4 Å². The predicted octanol–water partition coefficient (Wildman–Crippen LogP) is 2.91. The van der Waals surface area contributed by atoms with Gasteiger partial charge >= 0.3 is 0 Å². The van der Waals surface area contributed by atoms with Crippen LogP contribution in [0.2, 0.25) is 0 Å². The topological polar surface area (TPSA) is 97.4 Å². The van der Waals surface area contributed by atoms with Crippen molar-refractivity contribution in [3.05, 3.63) is 47.8 Å². The molecule has 0 saturated carbocycles. The van der Waals surface area contributed by atoms with Crippen molar-refractivity contribution >= 4 is 11.6 Å². The Morgan fingerprint density at radius 3 is 1.65 bits per heavy atom. The van der Waals surface area contributed by atoms with Crippen molar-refractivity contribution in [1.29, 1.82) is 10.5 Å². The molecule has 2 rings (SSSR count). The fraction of sp³-hybridized carbons (Fsp3) is 0.294. The Kier molecular flexibility index (Phi) is 6.37. The van der Waals surface area contributed by atoms with Crippen molar-refractivity contribution in [2.24, 2.45) is 0 Å². The van der Waals surface area contributed by atoms with Gasteiger partial charge in [-0.2, -0.15) is 10.5 Å². The Morgan fingerprint density at radius 2 is 1.22 bits per heavy atom. The van der Waals surface area contributed by atoms with E-state index in [1.165, 1.54) is 0 Å². The smallest absolute Gasteiger partial charge is 0.142 e. The molecular weight excluding hydrogens is 288 g/mol. The number of hydrogen-bond donors (Lipinski definition) is 2. The first kappa shape index (κ1) is 16.3. The lowest BCUT2D eigenvalue weighted by molar-refractivity contribution is 0.719. The quantitative estimate of drug-likeness (QED) is 0.728. The lowest BCUT2D eigenvalue weighted by Gasteiger charge is -2.07. The fourth-order valence-corrected chi connectivity index (χ4v) is 2.05. The predicted molar refractivity (Wildman–Crippen MR) is 88.7 cm³/mol.